The lowest BCUT2D eigenvalue weighted by Crippen LogP contribution is -2.34. The van der Waals surface area contributed by atoms with Gasteiger partial charge in [0.15, 0.2) is 5.76 Å². The van der Waals surface area contributed by atoms with Gasteiger partial charge in [-0.05, 0) is 43.3 Å². The third kappa shape index (κ3) is 3.97. The lowest BCUT2D eigenvalue weighted by Gasteiger charge is -2.15. The highest BCUT2D eigenvalue weighted by atomic mass is 35.5. The van der Waals surface area contributed by atoms with Crippen molar-refractivity contribution >= 4 is 17.5 Å². The lowest BCUT2D eigenvalue weighted by atomic mass is 10.2. The van der Waals surface area contributed by atoms with Crippen LogP contribution < -0.4 is 10.9 Å². The van der Waals surface area contributed by atoms with Gasteiger partial charge in [0.2, 0.25) is 0 Å². The van der Waals surface area contributed by atoms with E-state index >= 15 is 0 Å². The van der Waals surface area contributed by atoms with Crippen LogP contribution in [-0.2, 0) is 0 Å². The van der Waals surface area contributed by atoms with E-state index in [1.54, 1.807) is 55.7 Å². The van der Waals surface area contributed by atoms with Crippen molar-refractivity contribution in [1.29, 1.82) is 0 Å². The molecule has 2 heterocycles. The molecule has 1 amide bonds. The van der Waals surface area contributed by atoms with Gasteiger partial charge < -0.3 is 9.73 Å². The Morgan fingerprint density at radius 3 is 2.84 bits per heavy atom. The van der Waals surface area contributed by atoms with Crippen LogP contribution in [0.5, 0.6) is 0 Å². The van der Waals surface area contributed by atoms with Crippen LogP contribution in [0.2, 0.25) is 5.02 Å². The maximum atomic E-state index is 12.2. The highest BCUT2D eigenvalue weighted by Crippen LogP contribution is 2.16. The molecule has 1 atom stereocenters. The maximum absolute atomic E-state index is 12.2. The zero-order chi connectivity index (χ0) is 17.8. The number of aromatic nitrogens is 2. The molecule has 25 heavy (non-hydrogen) atoms. The predicted octanol–water partition coefficient (Wildman–Crippen LogP) is 3.15. The van der Waals surface area contributed by atoms with Gasteiger partial charge in [-0.25, -0.2) is 4.68 Å². The van der Waals surface area contributed by atoms with Crippen molar-refractivity contribution in [3.05, 3.63) is 75.7 Å². The second kappa shape index (κ2) is 7.36. The third-order valence-electron chi connectivity index (χ3n) is 3.66. The van der Waals surface area contributed by atoms with E-state index in [2.05, 4.69) is 10.4 Å². The number of hydrogen-bond donors (Lipinski definition) is 1. The zero-order valence-electron chi connectivity index (χ0n) is 13.5. The fourth-order valence-corrected chi connectivity index (χ4v) is 2.55. The minimum atomic E-state index is -0.328. The molecule has 3 aromatic rings. The fraction of sp³-hybridized carbons (Fsp3) is 0.167. The predicted molar refractivity (Wildman–Crippen MR) is 94.7 cm³/mol. The Morgan fingerprint density at radius 2 is 2.12 bits per heavy atom. The summed E-state index contributed by atoms with van der Waals surface area (Å²) in [6, 6.07) is 12.9. The molecule has 2 aromatic heterocycles. The van der Waals surface area contributed by atoms with Crippen LogP contribution in [0.15, 0.2) is 64.0 Å². The second-order valence-corrected chi connectivity index (χ2v) is 5.98. The number of furan rings is 1. The van der Waals surface area contributed by atoms with E-state index in [-0.39, 0.29) is 24.1 Å². The summed E-state index contributed by atoms with van der Waals surface area (Å²) >= 11 is 5.89. The average molecular weight is 358 g/mol. The van der Waals surface area contributed by atoms with Gasteiger partial charge in [0.05, 0.1) is 12.3 Å². The minimum Gasteiger partial charge on any atom is -0.463 e. The number of rotatable bonds is 5. The number of hydrogen-bond acceptors (Lipinski definition) is 4. The van der Waals surface area contributed by atoms with Crippen LogP contribution in [-0.4, -0.2) is 22.2 Å². The van der Waals surface area contributed by atoms with Crippen molar-refractivity contribution < 1.29 is 9.21 Å². The molecule has 0 saturated carbocycles. The smallest absolute Gasteiger partial charge is 0.267 e. The third-order valence-corrected chi connectivity index (χ3v) is 3.90. The molecule has 0 aliphatic carbocycles. The minimum absolute atomic E-state index is 0.250. The van der Waals surface area contributed by atoms with E-state index in [4.69, 9.17) is 16.0 Å². The van der Waals surface area contributed by atoms with E-state index < -0.39 is 0 Å². The Morgan fingerprint density at radius 1 is 1.28 bits per heavy atom. The Labute approximate surface area is 149 Å². The van der Waals surface area contributed by atoms with E-state index in [1.807, 2.05) is 0 Å². The van der Waals surface area contributed by atoms with Crippen LogP contribution in [0.3, 0.4) is 0 Å². The molecule has 1 aromatic carbocycles. The number of amides is 1. The molecular formula is C18H16ClN3O3. The van der Waals surface area contributed by atoms with E-state index in [9.17, 15) is 9.59 Å². The summed E-state index contributed by atoms with van der Waals surface area (Å²) in [5.74, 6) is 0.313. The summed E-state index contributed by atoms with van der Waals surface area (Å²) in [5, 5.41) is 7.59. The topological polar surface area (TPSA) is 77.1 Å². The normalized spacial score (nSPS) is 11.9. The summed E-state index contributed by atoms with van der Waals surface area (Å²) in [6.07, 6.45) is 1.54. The molecule has 0 saturated heterocycles. The second-order valence-electron chi connectivity index (χ2n) is 5.55. The number of nitrogens with zero attached hydrogens (tertiary/aromatic N) is 2. The van der Waals surface area contributed by atoms with Crippen LogP contribution in [0, 0.1) is 0 Å². The van der Waals surface area contributed by atoms with Gasteiger partial charge in [-0.2, -0.15) is 5.10 Å². The highest BCUT2D eigenvalue weighted by molar-refractivity contribution is 6.30. The van der Waals surface area contributed by atoms with Crippen LogP contribution in [0.1, 0.15) is 23.3 Å². The van der Waals surface area contributed by atoms with Gasteiger partial charge in [0.1, 0.15) is 5.69 Å². The van der Waals surface area contributed by atoms with Crippen molar-refractivity contribution in [2.75, 3.05) is 6.54 Å². The van der Waals surface area contributed by atoms with Crippen LogP contribution in [0.4, 0.5) is 0 Å². The van der Waals surface area contributed by atoms with E-state index in [0.717, 1.165) is 0 Å². The molecule has 0 fully saturated rings. The molecule has 3 rings (SSSR count). The molecule has 128 valence electrons. The Balaban J connectivity index is 1.73. The van der Waals surface area contributed by atoms with Crippen molar-refractivity contribution in [2.45, 2.75) is 13.0 Å². The van der Waals surface area contributed by atoms with Gasteiger partial charge in [-0.1, -0.05) is 17.7 Å². The molecule has 0 aliphatic heterocycles. The Hall–Kier alpha value is -2.86. The maximum Gasteiger partial charge on any atom is 0.267 e. The Bertz CT molecular complexity index is 935. The first kappa shape index (κ1) is 17.0. The number of carbonyl (C=O) groups is 1. The number of carbonyl (C=O) groups excluding carboxylic acids is 1. The summed E-state index contributed by atoms with van der Waals surface area (Å²) < 4.78 is 6.63. The molecule has 0 bridgehead atoms. The van der Waals surface area contributed by atoms with Crippen molar-refractivity contribution in [3.63, 3.8) is 0 Å². The van der Waals surface area contributed by atoms with Gasteiger partial charge in [-0.3, -0.25) is 9.59 Å². The first-order valence-electron chi connectivity index (χ1n) is 7.72. The molecular weight excluding hydrogens is 342 g/mol. The van der Waals surface area contributed by atoms with Crippen LogP contribution in [0.25, 0.3) is 11.5 Å². The van der Waals surface area contributed by atoms with Crippen molar-refractivity contribution in [2.24, 2.45) is 0 Å². The largest absolute Gasteiger partial charge is 0.463 e. The monoisotopic (exact) mass is 357 g/mol. The highest BCUT2D eigenvalue weighted by Gasteiger charge is 2.13. The quantitative estimate of drug-likeness (QED) is 0.761. The molecule has 6 nitrogen and oxygen atoms in total. The van der Waals surface area contributed by atoms with Gasteiger partial charge >= 0.3 is 0 Å². The molecule has 1 unspecified atom stereocenters. The molecule has 0 aliphatic rings. The van der Waals surface area contributed by atoms with Crippen molar-refractivity contribution in [1.82, 2.24) is 15.1 Å². The van der Waals surface area contributed by atoms with Gasteiger partial charge in [-0.15, -0.1) is 0 Å². The molecule has 1 N–H and O–H groups in total. The number of benzene rings is 1. The fourth-order valence-electron chi connectivity index (χ4n) is 2.36. The molecule has 0 radical (unpaired) electrons. The Kier molecular flexibility index (Phi) is 5.00. The molecule has 7 heteroatoms. The summed E-state index contributed by atoms with van der Waals surface area (Å²) in [4.78, 5) is 24.3. The summed E-state index contributed by atoms with van der Waals surface area (Å²) in [7, 11) is 0. The van der Waals surface area contributed by atoms with E-state index in [0.29, 0.717) is 22.0 Å². The molecule has 0 spiro atoms. The summed E-state index contributed by atoms with van der Waals surface area (Å²) in [6.45, 7) is 2.05. The van der Waals surface area contributed by atoms with Gasteiger partial charge in [0.25, 0.3) is 11.5 Å². The number of halogens is 1. The summed E-state index contributed by atoms with van der Waals surface area (Å²) in [5.41, 5.74) is 0.766. The van der Waals surface area contributed by atoms with Gasteiger partial charge in [0, 0.05) is 23.2 Å². The average Bonchev–Trinajstić information content (AvgIpc) is 3.14. The zero-order valence-corrected chi connectivity index (χ0v) is 14.2. The first-order valence-corrected chi connectivity index (χ1v) is 8.10. The first-order chi connectivity index (χ1) is 12.0. The van der Waals surface area contributed by atoms with Crippen LogP contribution >= 0.6 is 11.6 Å². The van der Waals surface area contributed by atoms with Crippen molar-refractivity contribution in [3.8, 4) is 11.5 Å². The van der Waals surface area contributed by atoms with E-state index in [1.165, 1.54) is 10.7 Å². The lowest BCUT2D eigenvalue weighted by molar-refractivity contribution is 0.0947. The standard InChI is InChI=1S/C18H16ClN3O3/c1-12(11-20-18(24)13-4-2-5-14(19)10-13)22-17(23)8-7-15(21-22)16-6-3-9-25-16/h2-10,12H,11H2,1H3,(H,20,24). The number of nitrogens with one attached hydrogen (secondary N) is 1. The SMILES string of the molecule is CC(CNC(=O)c1cccc(Cl)c1)n1nc(-c2ccco2)ccc1=O.